The van der Waals surface area contributed by atoms with Gasteiger partial charge >= 0.3 is 5.97 Å². The molecule has 1 aliphatic rings. The summed E-state index contributed by atoms with van der Waals surface area (Å²) < 4.78 is 23.9. The minimum absolute atomic E-state index is 0.0531. The zero-order chi connectivity index (χ0) is 16.6. The molecule has 0 spiro atoms. The van der Waals surface area contributed by atoms with Gasteiger partial charge in [0.2, 0.25) is 0 Å². The molecule has 2 aromatic rings. The van der Waals surface area contributed by atoms with E-state index in [1.54, 1.807) is 6.92 Å². The van der Waals surface area contributed by atoms with Gasteiger partial charge in [-0.15, -0.1) is 0 Å². The second-order valence-electron chi connectivity index (χ2n) is 5.27. The van der Waals surface area contributed by atoms with Crippen molar-refractivity contribution in [1.29, 1.82) is 0 Å². The van der Waals surface area contributed by atoms with Crippen molar-refractivity contribution in [2.24, 2.45) is 0 Å². The van der Waals surface area contributed by atoms with Gasteiger partial charge in [-0.2, -0.15) is 0 Å². The van der Waals surface area contributed by atoms with Crippen LogP contribution in [0.15, 0.2) is 28.7 Å². The first kappa shape index (κ1) is 15.1. The molecule has 2 heterocycles. The number of carboxylic acid groups (broad SMARTS) is 1. The average Bonchev–Trinajstić information content (AvgIpc) is 3.07. The van der Waals surface area contributed by atoms with Gasteiger partial charge < -0.3 is 19.6 Å². The Balaban J connectivity index is 1.61. The lowest BCUT2D eigenvalue weighted by Gasteiger charge is -2.10. The van der Waals surface area contributed by atoms with Crippen molar-refractivity contribution >= 4 is 11.9 Å². The third-order valence-corrected chi connectivity index (χ3v) is 3.63. The van der Waals surface area contributed by atoms with Gasteiger partial charge in [0.25, 0.3) is 5.91 Å². The maximum Gasteiger partial charge on any atom is 0.339 e. The molecule has 0 unspecified atom stereocenters. The molecule has 1 atom stereocenters. The van der Waals surface area contributed by atoms with E-state index in [4.69, 9.17) is 14.3 Å². The second kappa shape index (κ2) is 5.75. The molecule has 1 aromatic heterocycles. The minimum atomic E-state index is -1.08. The van der Waals surface area contributed by atoms with Crippen molar-refractivity contribution < 1.29 is 28.2 Å². The van der Waals surface area contributed by atoms with Gasteiger partial charge in [0.15, 0.2) is 6.10 Å². The number of rotatable bonds is 4. The largest absolute Gasteiger partial charge is 0.480 e. The first-order valence-electron chi connectivity index (χ1n) is 6.99. The van der Waals surface area contributed by atoms with Crippen LogP contribution in [0.1, 0.15) is 27.4 Å². The molecule has 120 valence electrons. The molecule has 0 saturated heterocycles. The standard InChI is InChI=1S/C16H14FNO5/c1-8-12(16(20)21)6-11(22-8)7-18-15(19)14-5-9-4-10(17)2-3-13(9)23-14/h2-4,6,14H,5,7H2,1H3,(H,18,19)(H,20,21)/t14-/m1/s1. The van der Waals surface area contributed by atoms with Crippen molar-refractivity contribution in [2.75, 3.05) is 0 Å². The number of halogens is 1. The van der Waals surface area contributed by atoms with Crippen LogP contribution in [0.5, 0.6) is 5.75 Å². The Bertz CT molecular complexity index is 783. The molecule has 2 N–H and O–H groups in total. The SMILES string of the molecule is Cc1oc(CNC(=O)[C@H]2Cc3cc(F)ccc3O2)cc1C(=O)O. The number of aryl methyl sites for hydroxylation is 1. The summed E-state index contributed by atoms with van der Waals surface area (Å²) in [5.74, 6) is -0.709. The van der Waals surface area contributed by atoms with E-state index in [1.165, 1.54) is 24.3 Å². The van der Waals surface area contributed by atoms with Crippen LogP contribution in [0, 0.1) is 12.7 Å². The summed E-state index contributed by atoms with van der Waals surface area (Å²) in [5.41, 5.74) is 0.710. The second-order valence-corrected chi connectivity index (χ2v) is 5.27. The monoisotopic (exact) mass is 319 g/mol. The minimum Gasteiger partial charge on any atom is -0.480 e. The lowest BCUT2D eigenvalue weighted by atomic mass is 10.1. The number of furan rings is 1. The summed E-state index contributed by atoms with van der Waals surface area (Å²) in [5, 5.41) is 11.6. The van der Waals surface area contributed by atoms with Gasteiger partial charge in [0, 0.05) is 12.0 Å². The van der Waals surface area contributed by atoms with Crippen molar-refractivity contribution in [3.63, 3.8) is 0 Å². The summed E-state index contributed by atoms with van der Waals surface area (Å²) in [6.45, 7) is 1.59. The van der Waals surface area contributed by atoms with E-state index < -0.39 is 12.1 Å². The maximum atomic E-state index is 13.1. The predicted octanol–water partition coefficient (Wildman–Crippen LogP) is 2.05. The third-order valence-electron chi connectivity index (χ3n) is 3.63. The maximum absolute atomic E-state index is 13.1. The quantitative estimate of drug-likeness (QED) is 0.900. The van der Waals surface area contributed by atoms with E-state index in [0.29, 0.717) is 17.1 Å². The Labute approximate surface area is 130 Å². The number of carbonyl (C=O) groups excluding carboxylic acids is 1. The lowest BCUT2D eigenvalue weighted by molar-refractivity contribution is -0.127. The highest BCUT2D eigenvalue weighted by Crippen LogP contribution is 2.29. The lowest BCUT2D eigenvalue weighted by Crippen LogP contribution is -2.36. The number of carbonyl (C=O) groups is 2. The van der Waals surface area contributed by atoms with Crippen LogP contribution >= 0.6 is 0 Å². The molecule has 7 heteroatoms. The first-order valence-corrected chi connectivity index (χ1v) is 6.99. The number of hydrogen-bond acceptors (Lipinski definition) is 4. The van der Waals surface area contributed by atoms with Gasteiger partial charge in [0.1, 0.15) is 28.7 Å². The summed E-state index contributed by atoms with van der Waals surface area (Å²) in [7, 11) is 0. The molecule has 0 radical (unpaired) electrons. The molecule has 0 aliphatic carbocycles. The molecule has 0 fully saturated rings. The molecular formula is C16H14FNO5. The zero-order valence-corrected chi connectivity index (χ0v) is 12.3. The van der Waals surface area contributed by atoms with E-state index >= 15 is 0 Å². The van der Waals surface area contributed by atoms with Crippen LogP contribution in [0.4, 0.5) is 4.39 Å². The number of benzene rings is 1. The summed E-state index contributed by atoms with van der Waals surface area (Å²) in [4.78, 5) is 23.0. The Morgan fingerprint density at radius 3 is 2.87 bits per heavy atom. The molecule has 6 nitrogen and oxygen atoms in total. The number of carboxylic acids is 1. The fourth-order valence-electron chi connectivity index (χ4n) is 2.49. The molecule has 3 rings (SSSR count). The predicted molar refractivity (Wildman–Crippen MR) is 76.8 cm³/mol. The first-order chi connectivity index (χ1) is 10.9. The van der Waals surface area contributed by atoms with E-state index in [2.05, 4.69) is 5.32 Å². The third kappa shape index (κ3) is 3.03. The summed E-state index contributed by atoms with van der Waals surface area (Å²) in [6, 6.07) is 5.49. The highest BCUT2D eigenvalue weighted by atomic mass is 19.1. The van der Waals surface area contributed by atoms with Gasteiger partial charge in [-0.3, -0.25) is 4.79 Å². The van der Waals surface area contributed by atoms with Crippen LogP contribution in [0.25, 0.3) is 0 Å². The average molecular weight is 319 g/mol. The number of amides is 1. The topological polar surface area (TPSA) is 88.8 Å². The highest BCUT2D eigenvalue weighted by molar-refractivity contribution is 5.89. The number of hydrogen-bond donors (Lipinski definition) is 2. The van der Waals surface area contributed by atoms with Gasteiger partial charge in [-0.25, -0.2) is 9.18 Å². The molecule has 1 aliphatic heterocycles. The van der Waals surface area contributed by atoms with Crippen LogP contribution in [-0.2, 0) is 17.8 Å². The van der Waals surface area contributed by atoms with Gasteiger partial charge in [0.05, 0.1) is 6.54 Å². The number of nitrogens with one attached hydrogen (secondary N) is 1. The highest BCUT2D eigenvalue weighted by Gasteiger charge is 2.29. The van der Waals surface area contributed by atoms with Crippen LogP contribution in [-0.4, -0.2) is 23.1 Å². The van der Waals surface area contributed by atoms with E-state index in [1.807, 2.05) is 0 Å². The Kier molecular flexibility index (Phi) is 3.77. The molecular weight excluding hydrogens is 305 g/mol. The number of aromatic carboxylic acids is 1. The molecule has 0 bridgehead atoms. The summed E-state index contributed by atoms with van der Waals surface area (Å²) in [6.07, 6.45) is -0.446. The number of ether oxygens (including phenoxy) is 1. The molecule has 0 saturated carbocycles. The van der Waals surface area contributed by atoms with Crippen molar-refractivity contribution in [3.8, 4) is 5.75 Å². The van der Waals surface area contributed by atoms with E-state index in [-0.39, 0.29) is 36.0 Å². The smallest absolute Gasteiger partial charge is 0.339 e. The summed E-state index contributed by atoms with van der Waals surface area (Å²) >= 11 is 0. The normalized spacial score (nSPS) is 15.8. The molecule has 1 aromatic carbocycles. The Morgan fingerprint density at radius 2 is 2.17 bits per heavy atom. The van der Waals surface area contributed by atoms with E-state index in [0.717, 1.165) is 0 Å². The fourth-order valence-corrected chi connectivity index (χ4v) is 2.49. The van der Waals surface area contributed by atoms with Crippen molar-refractivity contribution in [3.05, 3.63) is 52.7 Å². The Hall–Kier alpha value is -2.83. The molecule has 23 heavy (non-hydrogen) atoms. The van der Waals surface area contributed by atoms with Gasteiger partial charge in [-0.1, -0.05) is 0 Å². The number of fused-ring (bicyclic) bond motifs is 1. The van der Waals surface area contributed by atoms with Crippen LogP contribution in [0.3, 0.4) is 0 Å². The van der Waals surface area contributed by atoms with Gasteiger partial charge in [-0.05, 0) is 31.2 Å². The van der Waals surface area contributed by atoms with E-state index in [9.17, 15) is 14.0 Å². The van der Waals surface area contributed by atoms with Crippen molar-refractivity contribution in [2.45, 2.75) is 26.0 Å². The molecule has 1 amide bonds. The van der Waals surface area contributed by atoms with Crippen molar-refractivity contribution in [1.82, 2.24) is 5.32 Å². The zero-order valence-electron chi connectivity index (χ0n) is 12.3. The fraction of sp³-hybridized carbons (Fsp3) is 0.250. The Morgan fingerprint density at radius 1 is 1.39 bits per heavy atom. The van der Waals surface area contributed by atoms with Crippen LogP contribution in [0.2, 0.25) is 0 Å². The van der Waals surface area contributed by atoms with Crippen LogP contribution < -0.4 is 10.1 Å².